The monoisotopic (exact) mass is 320 g/mol. The van der Waals surface area contributed by atoms with E-state index in [4.69, 9.17) is 5.11 Å². The minimum absolute atomic E-state index is 0.341. The number of carboxylic acid groups (broad SMARTS) is 1. The van der Waals surface area contributed by atoms with Gasteiger partial charge in [0.25, 0.3) is 0 Å². The van der Waals surface area contributed by atoms with Gasteiger partial charge in [0.2, 0.25) is 16.3 Å². The van der Waals surface area contributed by atoms with Gasteiger partial charge in [0.05, 0.1) is 18.2 Å². The summed E-state index contributed by atoms with van der Waals surface area (Å²) in [6.45, 7) is 0. The molecule has 1 radical (unpaired) electrons. The van der Waals surface area contributed by atoms with Gasteiger partial charge in [-0.1, -0.05) is 42.5 Å². The lowest BCUT2D eigenvalue weighted by Crippen LogP contribution is -2.38. The van der Waals surface area contributed by atoms with Gasteiger partial charge in [-0.3, -0.25) is 9.59 Å². The molecule has 0 heterocycles. The molecule has 1 atom stereocenters. The Bertz CT molecular complexity index is 795. The molecule has 0 amide bonds. The van der Waals surface area contributed by atoms with Crippen LogP contribution in [-0.4, -0.2) is 31.8 Å². The number of carbonyl (C=O) groups excluding carboxylic acids is 1. The highest BCUT2D eigenvalue weighted by molar-refractivity contribution is 7.88. The summed E-state index contributed by atoms with van der Waals surface area (Å²) in [5.74, 6) is -1.62. The van der Waals surface area contributed by atoms with Gasteiger partial charge >= 0.3 is 5.97 Å². The minimum atomic E-state index is -3.86. The number of rotatable bonds is 7. The SMILES string of the molecule is O=[C][C@H](CC(=O)O)NS(=O)(=O)Cc1cccc2ccccc12. The van der Waals surface area contributed by atoms with Crippen LogP contribution >= 0.6 is 0 Å². The Morgan fingerprint density at radius 1 is 1.18 bits per heavy atom. The van der Waals surface area contributed by atoms with Crippen molar-refractivity contribution in [2.45, 2.75) is 18.2 Å². The number of hydrogen-bond acceptors (Lipinski definition) is 4. The van der Waals surface area contributed by atoms with Crippen molar-refractivity contribution >= 4 is 33.1 Å². The maximum Gasteiger partial charge on any atom is 0.305 e. The smallest absolute Gasteiger partial charge is 0.305 e. The molecule has 0 aliphatic carbocycles. The zero-order valence-corrected chi connectivity index (χ0v) is 12.3. The Hall–Kier alpha value is -2.25. The van der Waals surface area contributed by atoms with E-state index in [1.54, 1.807) is 24.3 Å². The van der Waals surface area contributed by atoms with E-state index < -0.39 is 28.5 Å². The van der Waals surface area contributed by atoms with Gasteiger partial charge in [-0.2, -0.15) is 0 Å². The molecule has 7 heteroatoms. The third-order valence-electron chi connectivity index (χ3n) is 3.07. The maximum atomic E-state index is 12.1. The number of nitrogens with one attached hydrogen (secondary N) is 1. The lowest BCUT2D eigenvalue weighted by molar-refractivity contribution is -0.137. The number of sulfonamides is 1. The summed E-state index contributed by atoms with van der Waals surface area (Å²) >= 11 is 0. The Labute approximate surface area is 127 Å². The van der Waals surface area contributed by atoms with Crippen LogP contribution in [0.25, 0.3) is 10.8 Å². The van der Waals surface area contributed by atoms with Crippen LogP contribution in [0.2, 0.25) is 0 Å². The normalized spacial score (nSPS) is 12.9. The quantitative estimate of drug-likeness (QED) is 0.798. The number of hydrogen-bond donors (Lipinski definition) is 2. The van der Waals surface area contributed by atoms with Crippen LogP contribution < -0.4 is 4.72 Å². The maximum absolute atomic E-state index is 12.1. The summed E-state index contributed by atoms with van der Waals surface area (Å²) in [6, 6.07) is 11.2. The van der Waals surface area contributed by atoms with Crippen LogP contribution in [0.5, 0.6) is 0 Å². The van der Waals surface area contributed by atoms with E-state index >= 15 is 0 Å². The van der Waals surface area contributed by atoms with Gasteiger partial charge in [-0.25, -0.2) is 13.1 Å². The molecule has 0 saturated carbocycles. The molecule has 0 bridgehead atoms. The molecule has 0 aliphatic heterocycles. The zero-order chi connectivity index (χ0) is 16.2. The molecule has 0 aliphatic rings. The molecule has 6 nitrogen and oxygen atoms in total. The topological polar surface area (TPSA) is 101 Å². The van der Waals surface area contributed by atoms with E-state index in [0.29, 0.717) is 5.56 Å². The van der Waals surface area contributed by atoms with E-state index in [2.05, 4.69) is 4.72 Å². The predicted octanol–water partition coefficient (Wildman–Crippen LogP) is 1.21. The first-order chi connectivity index (χ1) is 10.4. The Balaban J connectivity index is 2.23. The molecule has 0 fully saturated rings. The van der Waals surface area contributed by atoms with E-state index in [1.165, 1.54) is 6.29 Å². The molecular weight excluding hydrogens is 306 g/mol. The summed E-state index contributed by atoms with van der Waals surface area (Å²) in [5.41, 5.74) is 0.575. The highest BCUT2D eigenvalue weighted by atomic mass is 32.2. The molecule has 2 aromatic rings. The lowest BCUT2D eigenvalue weighted by Gasteiger charge is -2.12. The number of carbonyl (C=O) groups is 1. The van der Waals surface area contributed by atoms with Gasteiger partial charge in [0.15, 0.2) is 0 Å². The standard InChI is InChI=1S/C15H14NO5S/c17-9-13(8-15(18)19)16-22(20,21)10-12-6-3-5-11-4-1-2-7-14(11)12/h1-7,13,16H,8,10H2,(H,18,19)/t13-/m0/s1. The predicted molar refractivity (Wildman–Crippen MR) is 81.4 cm³/mol. The van der Waals surface area contributed by atoms with Crippen molar-refractivity contribution < 1.29 is 23.1 Å². The van der Waals surface area contributed by atoms with Gasteiger partial charge in [-0.15, -0.1) is 0 Å². The molecule has 0 spiro atoms. The average molecular weight is 320 g/mol. The van der Waals surface area contributed by atoms with E-state index in [1.807, 2.05) is 18.2 Å². The summed E-state index contributed by atoms with van der Waals surface area (Å²) in [6.07, 6.45) is 0.751. The number of benzene rings is 2. The number of carboxylic acids is 1. The van der Waals surface area contributed by atoms with Crippen molar-refractivity contribution in [1.82, 2.24) is 4.72 Å². The van der Waals surface area contributed by atoms with Crippen molar-refractivity contribution in [3.8, 4) is 0 Å². The molecule has 0 unspecified atom stereocenters. The molecule has 2 N–H and O–H groups in total. The fourth-order valence-corrected chi connectivity index (χ4v) is 3.47. The van der Waals surface area contributed by atoms with Gasteiger partial charge in [0, 0.05) is 0 Å². The summed E-state index contributed by atoms with van der Waals surface area (Å²) < 4.78 is 26.3. The van der Waals surface area contributed by atoms with Crippen molar-refractivity contribution in [2.75, 3.05) is 0 Å². The van der Waals surface area contributed by atoms with E-state index in [-0.39, 0.29) is 5.75 Å². The van der Waals surface area contributed by atoms with Crippen molar-refractivity contribution in [2.24, 2.45) is 0 Å². The summed E-state index contributed by atoms with van der Waals surface area (Å²) in [7, 11) is -3.86. The molecule has 2 rings (SSSR count). The van der Waals surface area contributed by atoms with Gasteiger partial charge in [0.1, 0.15) is 0 Å². The molecule has 115 valence electrons. The van der Waals surface area contributed by atoms with Crippen molar-refractivity contribution in [3.05, 3.63) is 48.0 Å². The van der Waals surface area contributed by atoms with E-state index in [0.717, 1.165) is 10.8 Å². The Kier molecular flexibility index (Phi) is 4.89. The first-order valence-electron chi connectivity index (χ1n) is 6.47. The fraction of sp³-hybridized carbons (Fsp3) is 0.200. The molecule has 0 saturated heterocycles. The highest BCUT2D eigenvalue weighted by Crippen LogP contribution is 2.20. The molecule has 22 heavy (non-hydrogen) atoms. The van der Waals surface area contributed by atoms with Crippen molar-refractivity contribution in [1.29, 1.82) is 0 Å². The zero-order valence-electron chi connectivity index (χ0n) is 11.5. The van der Waals surface area contributed by atoms with Crippen LogP contribution in [0.4, 0.5) is 0 Å². The largest absolute Gasteiger partial charge is 0.481 e. The molecule has 0 aromatic heterocycles. The lowest BCUT2D eigenvalue weighted by atomic mass is 10.1. The Morgan fingerprint density at radius 2 is 1.86 bits per heavy atom. The van der Waals surface area contributed by atoms with Crippen LogP contribution in [0.15, 0.2) is 42.5 Å². The number of fused-ring (bicyclic) bond motifs is 1. The minimum Gasteiger partial charge on any atom is -0.481 e. The van der Waals surface area contributed by atoms with Gasteiger partial charge in [-0.05, 0) is 16.3 Å². The highest BCUT2D eigenvalue weighted by Gasteiger charge is 2.21. The van der Waals surface area contributed by atoms with Crippen LogP contribution in [-0.2, 0) is 25.4 Å². The Morgan fingerprint density at radius 3 is 2.55 bits per heavy atom. The fourth-order valence-electron chi connectivity index (χ4n) is 2.16. The average Bonchev–Trinajstić information content (AvgIpc) is 2.46. The van der Waals surface area contributed by atoms with Crippen LogP contribution in [0.1, 0.15) is 12.0 Å². The van der Waals surface area contributed by atoms with Crippen LogP contribution in [0, 0.1) is 0 Å². The first kappa shape index (κ1) is 16.1. The van der Waals surface area contributed by atoms with Crippen molar-refractivity contribution in [3.63, 3.8) is 0 Å². The van der Waals surface area contributed by atoms with Gasteiger partial charge < -0.3 is 5.11 Å². The third-order valence-corrected chi connectivity index (χ3v) is 4.40. The second kappa shape index (κ2) is 6.67. The molecular formula is C15H14NO5S. The van der Waals surface area contributed by atoms with Crippen LogP contribution in [0.3, 0.4) is 0 Å². The second-order valence-corrected chi connectivity index (χ2v) is 6.54. The molecule has 2 aromatic carbocycles. The first-order valence-corrected chi connectivity index (χ1v) is 8.12. The second-order valence-electron chi connectivity index (χ2n) is 4.78. The summed E-state index contributed by atoms with van der Waals surface area (Å²) in [4.78, 5) is 21.2. The van der Waals surface area contributed by atoms with E-state index in [9.17, 15) is 18.0 Å². The summed E-state index contributed by atoms with van der Waals surface area (Å²) in [5, 5.41) is 10.3. The number of aliphatic carboxylic acids is 1. The third kappa shape index (κ3) is 4.12.